The van der Waals surface area contributed by atoms with Gasteiger partial charge in [0.2, 0.25) is 11.8 Å². The molecule has 1 atom stereocenters. The van der Waals surface area contributed by atoms with E-state index in [0.717, 1.165) is 0 Å². The van der Waals surface area contributed by atoms with Gasteiger partial charge in [0.15, 0.2) is 0 Å². The molecule has 0 aromatic carbocycles. The molecule has 0 aliphatic carbocycles. The first-order chi connectivity index (χ1) is 7.54. The molecule has 0 saturated carbocycles. The van der Waals surface area contributed by atoms with Crippen LogP contribution in [0.15, 0.2) is 12.3 Å². The molecule has 1 aromatic rings. The van der Waals surface area contributed by atoms with Crippen molar-refractivity contribution in [2.24, 2.45) is 5.73 Å². The Hall–Kier alpha value is -1.36. The predicted octanol–water partition coefficient (Wildman–Crippen LogP) is 1.05. The van der Waals surface area contributed by atoms with E-state index < -0.39 is 0 Å². The van der Waals surface area contributed by atoms with Crippen molar-refractivity contribution in [3.63, 3.8) is 0 Å². The van der Waals surface area contributed by atoms with E-state index in [1.165, 1.54) is 0 Å². The van der Waals surface area contributed by atoms with E-state index in [4.69, 9.17) is 10.5 Å². The molecule has 1 aromatic heterocycles. The molecule has 0 fully saturated rings. The third-order valence-electron chi connectivity index (χ3n) is 2.29. The summed E-state index contributed by atoms with van der Waals surface area (Å²) in [5.74, 6) is 1.23. The topological polar surface area (TPSA) is 64.3 Å². The second-order valence-electron chi connectivity index (χ2n) is 4.06. The van der Waals surface area contributed by atoms with E-state index in [9.17, 15) is 0 Å². The lowest BCUT2D eigenvalue weighted by atomic mass is 10.3. The van der Waals surface area contributed by atoms with Gasteiger partial charge < -0.3 is 15.4 Å². The highest BCUT2D eigenvalue weighted by molar-refractivity contribution is 5.32. The fourth-order valence-corrected chi connectivity index (χ4v) is 1.16. The summed E-state index contributed by atoms with van der Waals surface area (Å²) in [6.07, 6.45) is 1.81. The average molecular weight is 224 g/mol. The van der Waals surface area contributed by atoms with Crippen molar-refractivity contribution in [2.45, 2.75) is 32.9 Å². The summed E-state index contributed by atoms with van der Waals surface area (Å²) in [6, 6.07) is 1.96. The van der Waals surface area contributed by atoms with E-state index in [0.29, 0.717) is 18.4 Å². The van der Waals surface area contributed by atoms with Crippen LogP contribution in [0.25, 0.3) is 0 Å². The number of hydrogen-bond acceptors (Lipinski definition) is 5. The number of aromatic nitrogens is 2. The van der Waals surface area contributed by atoms with Crippen LogP contribution < -0.4 is 15.4 Å². The maximum absolute atomic E-state index is 5.60. The third-order valence-corrected chi connectivity index (χ3v) is 2.29. The van der Waals surface area contributed by atoms with E-state index in [1.807, 2.05) is 32.7 Å². The highest BCUT2D eigenvalue weighted by atomic mass is 16.5. The Labute approximate surface area is 96.6 Å². The summed E-state index contributed by atoms with van der Waals surface area (Å²) in [5, 5.41) is 0. The van der Waals surface area contributed by atoms with Crippen molar-refractivity contribution in [1.82, 2.24) is 9.97 Å². The Morgan fingerprint density at radius 1 is 1.44 bits per heavy atom. The van der Waals surface area contributed by atoms with Crippen LogP contribution in [-0.2, 0) is 0 Å². The molecule has 2 N–H and O–H groups in total. The van der Waals surface area contributed by atoms with E-state index in [2.05, 4.69) is 9.97 Å². The highest BCUT2D eigenvalue weighted by Gasteiger charge is 2.11. The van der Waals surface area contributed by atoms with Gasteiger partial charge in [0.1, 0.15) is 0 Å². The molecule has 0 spiro atoms. The van der Waals surface area contributed by atoms with Gasteiger partial charge in [-0.1, -0.05) is 0 Å². The minimum atomic E-state index is 0.111. The van der Waals surface area contributed by atoms with Gasteiger partial charge in [-0.15, -0.1) is 0 Å². The van der Waals surface area contributed by atoms with Gasteiger partial charge in [-0.25, -0.2) is 4.98 Å². The zero-order valence-electron chi connectivity index (χ0n) is 10.3. The Bertz CT molecular complexity index is 330. The average Bonchev–Trinajstić information content (AvgIpc) is 2.26. The zero-order valence-corrected chi connectivity index (χ0v) is 10.3. The molecule has 5 heteroatoms. The number of hydrogen-bond donors (Lipinski definition) is 1. The lowest BCUT2D eigenvalue weighted by Gasteiger charge is -2.23. The van der Waals surface area contributed by atoms with Crippen LogP contribution in [0.2, 0.25) is 0 Å². The number of rotatable bonds is 5. The molecular formula is C11H20N4O. The summed E-state index contributed by atoms with van der Waals surface area (Å²) in [6.45, 7) is 6.52. The minimum Gasteiger partial charge on any atom is -0.475 e. The highest BCUT2D eigenvalue weighted by Crippen LogP contribution is 2.14. The van der Waals surface area contributed by atoms with Crippen LogP contribution in [0.1, 0.15) is 20.8 Å². The van der Waals surface area contributed by atoms with Crippen LogP contribution >= 0.6 is 0 Å². The van der Waals surface area contributed by atoms with E-state index in [1.54, 1.807) is 12.3 Å². The number of nitrogens with two attached hydrogens (primary N) is 1. The largest absolute Gasteiger partial charge is 0.475 e. The van der Waals surface area contributed by atoms with Gasteiger partial charge in [-0.2, -0.15) is 4.98 Å². The molecule has 0 radical (unpaired) electrons. The summed E-state index contributed by atoms with van der Waals surface area (Å²) < 4.78 is 5.51. The molecule has 0 saturated heterocycles. The fraction of sp³-hybridized carbons (Fsp3) is 0.636. The maximum atomic E-state index is 5.60. The van der Waals surface area contributed by atoms with E-state index in [-0.39, 0.29) is 12.1 Å². The minimum absolute atomic E-state index is 0.111. The van der Waals surface area contributed by atoms with Gasteiger partial charge in [0.25, 0.3) is 0 Å². The van der Waals surface area contributed by atoms with Crippen LogP contribution in [0.3, 0.4) is 0 Å². The van der Waals surface area contributed by atoms with Crippen molar-refractivity contribution in [3.8, 4) is 5.88 Å². The molecule has 0 aliphatic heterocycles. The molecule has 1 heterocycles. The van der Waals surface area contributed by atoms with Crippen molar-refractivity contribution in [3.05, 3.63) is 12.3 Å². The van der Waals surface area contributed by atoms with Crippen molar-refractivity contribution < 1.29 is 4.74 Å². The Balaban J connectivity index is 2.81. The lowest BCUT2D eigenvalue weighted by molar-refractivity contribution is 0.232. The smallest absolute Gasteiger partial charge is 0.228 e. The number of ether oxygens (including phenoxy) is 1. The van der Waals surface area contributed by atoms with Gasteiger partial charge in [0, 0.05) is 31.9 Å². The Morgan fingerprint density at radius 2 is 2.12 bits per heavy atom. The first-order valence-corrected chi connectivity index (χ1v) is 5.47. The van der Waals surface area contributed by atoms with Crippen LogP contribution in [0.4, 0.5) is 5.95 Å². The second kappa shape index (κ2) is 5.65. The van der Waals surface area contributed by atoms with Crippen molar-refractivity contribution >= 4 is 5.95 Å². The van der Waals surface area contributed by atoms with Crippen LogP contribution in [0, 0.1) is 0 Å². The molecule has 0 amide bonds. The predicted molar refractivity (Wildman–Crippen MR) is 64.7 cm³/mol. The molecule has 1 rings (SSSR count). The third kappa shape index (κ3) is 3.34. The summed E-state index contributed by atoms with van der Waals surface area (Å²) in [4.78, 5) is 10.5. The normalized spacial score (nSPS) is 12.6. The molecular weight excluding hydrogens is 204 g/mol. The van der Waals surface area contributed by atoms with Crippen LogP contribution in [-0.4, -0.2) is 35.7 Å². The van der Waals surface area contributed by atoms with Crippen molar-refractivity contribution in [2.75, 3.05) is 18.5 Å². The van der Waals surface area contributed by atoms with Gasteiger partial charge in [0.05, 0.1) is 6.10 Å². The number of anilines is 1. The monoisotopic (exact) mass is 224 g/mol. The molecule has 90 valence electrons. The first kappa shape index (κ1) is 12.7. The molecule has 16 heavy (non-hydrogen) atoms. The molecule has 1 unspecified atom stereocenters. The van der Waals surface area contributed by atoms with Gasteiger partial charge in [-0.05, 0) is 20.8 Å². The SMILES string of the molecule is CC(C)Oc1ccnc(N(C)C(C)CN)n1. The summed E-state index contributed by atoms with van der Waals surface area (Å²) in [7, 11) is 1.92. The molecule has 0 aliphatic rings. The maximum Gasteiger partial charge on any atom is 0.228 e. The quantitative estimate of drug-likeness (QED) is 0.809. The zero-order chi connectivity index (χ0) is 12.1. The van der Waals surface area contributed by atoms with Gasteiger partial charge >= 0.3 is 0 Å². The Morgan fingerprint density at radius 3 is 2.69 bits per heavy atom. The lowest BCUT2D eigenvalue weighted by Crippen LogP contribution is -2.36. The molecule has 0 bridgehead atoms. The summed E-state index contributed by atoms with van der Waals surface area (Å²) in [5.41, 5.74) is 5.60. The number of likely N-dealkylation sites (N-methyl/N-ethyl adjacent to an activating group) is 1. The standard InChI is InChI=1S/C11H20N4O/c1-8(2)16-10-5-6-13-11(14-10)15(4)9(3)7-12/h5-6,8-9H,7,12H2,1-4H3. The van der Waals surface area contributed by atoms with Crippen molar-refractivity contribution in [1.29, 1.82) is 0 Å². The first-order valence-electron chi connectivity index (χ1n) is 5.47. The van der Waals surface area contributed by atoms with E-state index >= 15 is 0 Å². The van der Waals surface area contributed by atoms with Gasteiger partial charge in [-0.3, -0.25) is 0 Å². The molecule has 5 nitrogen and oxygen atoms in total. The van der Waals surface area contributed by atoms with Crippen LogP contribution in [0.5, 0.6) is 5.88 Å². The Kier molecular flexibility index (Phi) is 4.49. The second-order valence-corrected chi connectivity index (χ2v) is 4.06. The summed E-state index contributed by atoms with van der Waals surface area (Å²) >= 11 is 0. The fourth-order valence-electron chi connectivity index (χ4n) is 1.16. The number of nitrogens with zero attached hydrogens (tertiary/aromatic N) is 3.